The van der Waals surface area contributed by atoms with Crippen LogP contribution in [0.15, 0.2) is 22.7 Å². The molecule has 0 fully saturated rings. The second kappa shape index (κ2) is 8.93. The van der Waals surface area contributed by atoms with Crippen LogP contribution in [0.3, 0.4) is 0 Å². The van der Waals surface area contributed by atoms with Crippen molar-refractivity contribution in [2.45, 2.75) is 13.3 Å². The van der Waals surface area contributed by atoms with Crippen LogP contribution in [0.2, 0.25) is 0 Å². The number of carbonyl (C=O) groups is 2. The summed E-state index contributed by atoms with van der Waals surface area (Å²) in [5, 5.41) is 6.25. The Morgan fingerprint density at radius 3 is 2.22 bits per heavy atom. The third-order valence-corrected chi connectivity index (χ3v) is 3.78. The van der Waals surface area contributed by atoms with Gasteiger partial charge in [0.05, 0.1) is 34.3 Å². The molecule has 27 heavy (non-hydrogen) atoms. The molecule has 1 N–H and O–H groups in total. The Morgan fingerprint density at radius 1 is 1.11 bits per heavy atom. The van der Waals surface area contributed by atoms with E-state index in [1.807, 2.05) is 0 Å². The van der Waals surface area contributed by atoms with Crippen LogP contribution in [0, 0.1) is 6.92 Å². The van der Waals surface area contributed by atoms with Gasteiger partial charge in [-0.2, -0.15) is 0 Å². The van der Waals surface area contributed by atoms with Gasteiger partial charge in [0.2, 0.25) is 17.6 Å². The number of hydrogen-bond donors (Lipinski definition) is 1. The molecular weight excluding hydrogens is 354 g/mol. The summed E-state index contributed by atoms with van der Waals surface area (Å²) in [6, 6.07) is 4.99. The van der Waals surface area contributed by atoms with Crippen LogP contribution < -0.4 is 19.5 Å². The van der Waals surface area contributed by atoms with Crippen molar-refractivity contribution in [3.8, 4) is 17.2 Å². The molecule has 0 saturated heterocycles. The van der Waals surface area contributed by atoms with Gasteiger partial charge in [0.25, 0.3) is 0 Å². The predicted molar refractivity (Wildman–Crippen MR) is 97.3 cm³/mol. The fourth-order valence-electron chi connectivity index (χ4n) is 2.46. The molecule has 1 heterocycles. The minimum atomic E-state index is -0.371. The fourth-order valence-corrected chi connectivity index (χ4v) is 2.46. The lowest BCUT2D eigenvalue weighted by molar-refractivity contribution is -0.132. The Labute approximate surface area is 157 Å². The Bertz CT molecular complexity index is 792. The average Bonchev–Trinajstić information content (AvgIpc) is 3.04. The number of nitrogens with one attached hydrogen (secondary N) is 1. The molecule has 9 heteroatoms. The number of methoxy groups -OCH3 is 3. The zero-order valence-corrected chi connectivity index (χ0v) is 16.0. The molecule has 2 aromatic rings. The maximum absolute atomic E-state index is 12.5. The monoisotopic (exact) mass is 377 g/mol. The van der Waals surface area contributed by atoms with Gasteiger partial charge in [-0.25, -0.2) is 0 Å². The number of amides is 2. The van der Waals surface area contributed by atoms with Gasteiger partial charge in [-0.1, -0.05) is 5.16 Å². The van der Waals surface area contributed by atoms with Crippen molar-refractivity contribution in [3.05, 3.63) is 29.5 Å². The van der Waals surface area contributed by atoms with Crippen LogP contribution in [-0.4, -0.2) is 56.8 Å². The van der Waals surface area contributed by atoms with E-state index in [0.29, 0.717) is 34.4 Å². The summed E-state index contributed by atoms with van der Waals surface area (Å²) >= 11 is 0. The summed E-state index contributed by atoms with van der Waals surface area (Å²) in [7, 11) is 6.07. The van der Waals surface area contributed by atoms with E-state index in [-0.39, 0.29) is 24.8 Å². The first-order valence-electron chi connectivity index (χ1n) is 8.14. The molecule has 0 spiro atoms. The van der Waals surface area contributed by atoms with Crippen LogP contribution in [0.4, 0.5) is 5.82 Å². The van der Waals surface area contributed by atoms with Gasteiger partial charge in [0, 0.05) is 13.1 Å². The topological polar surface area (TPSA) is 103 Å². The molecule has 2 amide bonds. The zero-order valence-electron chi connectivity index (χ0n) is 16.0. The number of benzene rings is 1. The van der Waals surface area contributed by atoms with Crippen molar-refractivity contribution in [2.75, 3.05) is 40.2 Å². The van der Waals surface area contributed by atoms with E-state index in [1.54, 1.807) is 32.2 Å². The highest BCUT2D eigenvalue weighted by Gasteiger charge is 2.18. The predicted octanol–water partition coefficient (Wildman–Crippen LogP) is 1.65. The van der Waals surface area contributed by atoms with Crippen LogP contribution in [0.25, 0.3) is 0 Å². The van der Waals surface area contributed by atoms with E-state index in [9.17, 15) is 9.59 Å². The number of rotatable bonds is 8. The van der Waals surface area contributed by atoms with Crippen molar-refractivity contribution in [2.24, 2.45) is 0 Å². The lowest BCUT2D eigenvalue weighted by Gasteiger charge is -2.18. The summed E-state index contributed by atoms with van der Waals surface area (Å²) in [5.41, 5.74) is 0.675. The van der Waals surface area contributed by atoms with Crippen LogP contribution in [-0.2, 0) is 16.0 Å². The van der Waals surface area contributed by atoms with Crippen molar-refractivity contribution in [1.82, 2.24) is 10.1 Å². The Hall–Kier alpha value is -3.23. The lowest BCUT2D eigenvalue weighted by atomic mass is 10.1. The van der Waals surface area contributed by atoms with Gasteiger partial charge in [-0.15, -0.1) is 0 Å². The summed E-state index contributed by atoms with van der Waals surface area (Å²) in [4.78, 5) is 25.8. The zero-order chi connectivity index (χ0) is 20.0. The summed E-state index contributed by atoms with van der Waals surface area (Å²) in [5.74, 6) is 1.65. The smallest absolute Gasteiger partial charge is 0.245 e. The third kappa shape index (κ3) is 5.13. The van der Waals surface area contributed by atoms with Gasteiger partial charge >= 0.3 is 0 Å². The van der Waals surface area contributed by atoms with Crippen molar-refractivity contribution in [3.63, 3.8) is 0 Å². The summed E-state index contributed by atoms with van der Waals surface area (Å²) in [6.45, 7) is 1.60. The maximum atomic E-state index is 12.5. The van der Waals surface area contributed by atoms with E-state index in [4.69, 9.17) is 18.7 Å². The minimum Gasteiger partial charge on any atom is -0.493 e. The molecule has 2 rings (SSSR count). The highest BCUT2D eigenvalue weighted by molar-refractivity contribution is 5.94. The van der Waals surface area contributed by atoms with Gasteiger partial charge < -0.3 is 29.0 Å². The molecule has 1 aromatic carbocycles. The van der Waals surface area contributed by atoms with Crippen molar-refractivity contribution in [1.29, 1.82) is 0 Å². The van der Waals surface area contributed by atoms with E-state index in [2.05, 4.69) is 10.5 Å². The summed E-state index contributed by atoms with van der Waals surface area (Å²) < 4.78 is 20.7. The number of ether oxygens (including phenoxy) is 3. The first-order valence-corrected chi connectivity index (χ1v) is 8.14. The normalized spacial score (nSPS) is 10.3. The molecule has 0 atom stereocenters. The largest absolute Gasteiger partial charge is 0.493 e. The molecular formula is C18H23N3O6. The molecule has 9 nitrogen and oxygen atoms in total. The number of aromatic nitrogens is 1. The Morgan fingerprint density at radius 2 is 1.74 bits per heavy atom. The third-order valence-electron chi connectivity index (χ3n) is 3.78. The Kier molecular flexibility index (Phi) is 6.64. The molecule has 0 radical (unpaired) electrons. The Balaban J connectivity index is 2.02. The molecule has 0 aliphatic rings. The van der Waals surface area contributed by atoms with Crippen LogP contribution >= 0.6 is 0 Å². The van der Waals surface area contributed by atoms with Crippen LogP contribution in [0.5, 0.6) is 17.2 Å². The molecule has 0 bridgehead atoms. The highest BCUT2D eigenvalue weighted by atomic mass is 16.5. The molecule has 0 aliphatic carbocycles. The SMILES string of the molecule is COc1cc(CC(=O)N(C)CC(=O)Nc2cc(C)on2)cc(OC)c1OC. The molecule has 146 valence electrons. The fraction of sp³-hybridized carbons (Fsp3) is 0.389. The number of carbonyl (C=O) groups excluding carboxylic acids is 2. The van der Waals surface area contributed by atoms with E-state index in [1.165, 1.54) is 26.2 Å². The van der Waals surface area contributed by atoms with Crippen molar-refractivity contribution >= 4 is 17.6 Å². The average molecular weight is 377 g/mol. The van der Waals surface area contributed by atoms with Crippen LogP contribution in [0.1, 0.15) is 11.3 Å². The van der Waals surface area contributed by atoms with E-state index >= 15 is 0 Å². The van der Waals surface area contributed by atoms with Gasteiger partial charge in [0.15, 0.2) is 17.3 Å². The number of anilines is 1. The first kappa shape index (κ1) is 20.1. The number of likely N-dealkylation sites (N-methyl/N-ethyl adjacent to an activating group) is 1. The second-order valence-corrected chi connectivity index (χ2v) is 5.83. The molecule has 0 unspecified atom stereocenters. The van der Waals surface area contributed by atoms with Crippen molar-refractivity contribution < 1.29 is 28.3 Å². The van der Waals surface area contributed by atoms with Gasteiger partial charge in [-0.05, 0) is 24.6 Å². The van der Waals surface area contributed by atoms with Gasteiger partial charge in [0.1, 0.15) is 5.76 Å². The minimum absolute atomic E-state index is 0.0730. The molecule has 1 aromatic heterocycles. The number of aryl methyl sites for hydroxylation is 1. The maximum Gasteiger partial charge on any atom is 0.245 e. The summed E-state index contributed by atoms with van der Waals surface area (Å²) in [6.07, 6.45) is 0.0730. The lowest BCUT2D eigenvalue weighted by Crippen LogP contribution is -2.35. The van der Waals surface area contributed by atoms with E-state index < -0.39 is 0 Å². The number of nitrogens with zero attached hydrogens (tertiary/aromatic N) is 2. The number of hydrogen-bond acceptors (Lipinski definition) is 7. The standard InChI is InChI=1S/C18H23N3O6/c1-11-6-15(20-27-11)19-16(22)10-21(2)17(23)9-12-7-13(24-3)18(26-5)14(8-12)25-4/h6-8H,9-10H2,1-5H3,(H,19,20,22). The highest BCUT2D eigenvalue weighted by Crippen LogP contribution is 2.38. The quantitative estimate of drug-likeness (QED) is 0.746. The first-order chi connectivity index (χ1) is 12.9. The molecule has 0 saturated carbocycles. The molecule has 0 aliphatic heterocycles. The second-order valence-electron chi connectivity index (χ2n) is 5.83. The van der Waals surface area contributed by atoms with E-state index in [0.717, 1.165) is 0 Å². The van der Waals surface area contributed by atoms with Gasteiger partial charge in [-0.3, -0.25) is 9.59 Å².